The minimum atomic E-state index is -0.155. The molecule has 0 saturated heterocycles. The van der Waals surface area contributed by atoms with E-state index in [9.17, 15) is 9.59 Å². The van der Waals surface area contributed by atoms with Crippen LogP contribution < -0.4 is 15.6 Å². The van der Waals surface area contributed by atoms with Crippen molar-refractivity contribution in [1.29, 1.82) is 0 Å². The summed E-state index contributed by atoms with van der Waals surface area (Å²) in [6.07, 6.45) is 2.15. The van der Waals surface area contributed by atoms with Gasteiger partial charge in [-0.25, -0.2) is 5.01 Å². The Bertz CT molecular complexity index is 593. The molecule has 1 aliphatic heterocycles. The standard InChI is InChI=1S/C17H24N4O2/c1-13-4-6-14(7-5-13)15-8-9-17(23)21(19-15)12-16(22)18-10-11-20(2)3/h4-8,19H,9-12H2,1-3H3,(H,18,22)/p+1. The Kier molecular flexibility index (Phi) is 5.76. The van der Waals surface area contributed by atoms with Crippen molar-refractivity contribution in [1.82, 2.24) is 15.8 Å². The second kappa shape index (κ2) is 7.78. The summed E-state index contributed by atoms with van der Waals surface area (Å²) >= 11 is 0. The molecule has 0 bridgehead atoms. The lowest BCUT2D eigenvalue weighted by molar-refractivity contribution is -0.856. The molecule has 124 valence electrons. The molecule has 0 atom stereocenters. The van der Waals surface area contributed by atoms with E-state index < -0.39 is 0 Å². The van der Waals surface area contributed by atoms with Crippen LogP contribution in [0, 0.1) is 6.92 Å². The molecule has 0 unspecified atom stereocenters. The number of benzene rings is 1. The summed E-state index contributed by atoms with van der Waals surface area (Å²) in [6, 6.07) is 8.05. The molecular weight excluding hydrogens is 292 g/mol. The number of nitrogens with one attached hydrogen (secondary N) is 3. The second-order valence-corrected chi connectivity index (χ2v) is 6.09. The highest BCUT2D eigenvalue weighted by molar-refractivity contribution is 5.88. The first-order valence-corrected chi connectivity index (χ1v) is 7.85. The average Bonchev–Trinajstić information content (AvgIpc) is 2.50. The maximum absolute atomic E-state index is 12.0. The predicted molar refractivity (Wildman–Crippen MR) is 89.3 cm³/mol. The van der Waals surface area contributed by atoms with Gasteiger partial charge in [0, 0.05) is 6.42 Å². The number of hydrogen-bond acceptors (Lipinski definition) is 3. The molecule has 0 fully saturated rings. The van der Waals surface area contributed by atoms with Crippen LogP contribution in [0.2, 0.25) is 0 Å². The Morgan fingerprint density at radius 2 is 2.00 bits per heavy atom. The first kappa shape index (κ1) is 17.0. The van der Waals surface area contributed by atoms with Gasteiger partial charge in [0.1, 0.15) is 6.54 Å². The van der Waals surface area contributed by atoms with Crippen LogP contribution in [0.3, 0.4) is 0 Å². The molecule has 1 aromatic rings. The molecule has 0 aromatic heterocycles. The molecule has 6 heteroatoms. The van der Waals surface area contributed by atoms with Gasteiger partial charge in [0.2, 0.25) is 11.8 Å². The van der Waals surface area contributed by atoms with Crippen molar-refractivity contribution in [3.63, 3.8) is 0 Å². The van der Waals surface area contributed by atoms with Crippen LogP contribution in [-0.2, 0) is 9.59 Å². The van der Waals surface area contributed by atoms with Crippen molar-refractivity contribution in [3.05, 3.63) is 41.5 Å². The van der Waals surface area contributed by atoms with E-state index in [0.29, 0.717) is 13.0 Å². The van der Waals surface area contributed by atoms with Gasteiger partial charge in [-0.15, -0.1) is 0 Å². The number of aryl methyl sites for hydroxylation is 1. The van der Waals surface area contributed by atoms with Crippen molar-refractivity contribution in [3.8, 4) is 0 Å². The monoisotopic (exact) mass is 317 g/mol. The summed E-state index contributed by atoms with van der Waals surface area (Å²) in [5.41, 5.74) is 6.09. The Morgan fingerprint density at radius 1 is 1.30 bits per heavy atom. The maximum atomic E-state index is 12.0. The van der Waals surface area contributed by atoms with Gasteiger partial charge in [-0.3, -0.25) is 15.0 Å². The molecule has 1 aliphatic rings. The molecule has 0 aliphatic carbocycles. The first-order chi connectivity index (χ1) is 11.0. The summed E-state index contributed by atoms with van der Waals surface area (Å²) in [5, 5.41) is 4.21. The lowest BCUT2D eigenvalue weighted by Crippen LogP contribution is -3.06. The minimum absolute atomic E-state index is 0.0186. The highest BCUT2D eigenvalue weighted by atomic mass is 16.2. The second-order valence-electron chi connectivity index (χ2n) is 6.09. The summed E-state index contributed by atoms with van der Waals surface area (Å²) in [4.78, 5) is 25.2. The number of carbonyl (C=O) groups is 2. The number of quaternary nitrogens is 1. The highest BCUT2D eigenvalue weighted by Crippen LogP contribution is 2.17. The molecule has 2 rings (SSSR count). The number of hydrazine groups is 1. The topological polar surface area (TPSA) is 65.9 Å². The highest BCUT2D eigenvalue weighted by Gasteiger charge is 2.21. The number of hydrogen-bond donors (Lipinski definition) is 3. The van der Waals surface area contributed by atoms with E-state index in [1.807, 2.05) is 51.4 Å². The Hall–Kier alpha value is -2.34. The van der Waals surface area contributed by atoms with Gasteiger partial charge >= 0.3 is 0 Å². The fourth-order valence-corrected chi connectivity index (χ4v) is 2.25. The van der Waals surface area contributed by atoms with Crippen molar-refractivity contribution in [2.45, 2.75) is 13.3 Å². The average molecular weight is 317 g/mol. The van der Waals surface area contributed by atoms with E-state index in [1.54, 1.807) is 0 Å². The van der Waals surface area contributed by atoms with Crippen LogP contribution in [-0.4, -0.2) is 50.6 Å². The number of rotatable bonds is 6. The summed E-state index contributed by atoms with van der Waals surface area (Å²) in [5.74, 6) is -0.258. The van der Waals surface area contributed by atoms with Crippen LogP contribution in [0.4, 0.5) is 0 Å². The third-order valence-electron chi connectivity index (χ3n) is 3.65. The lowest BCUT2D eigenvalue weighted by Gasteiger charge is -2.28. The van der Waals surface area contributed by atoms with Crippen molar-refractivity contribution >= 4 is 17.5 Å². The van der Waals surface area contributed by atoms with Crippen LogP contribution in [0.1, 0.15) is 17.5 Å². The van der Waals surface area contributed by atoms with E-state index >= 15 is 0 Å². The Morgan fingerprint density at radius 3 is 2.65 bits per heavy atom. The molecule has 0 spiro atoms. The molecule has 3 N–H and O–H groups in total. The summed E-state index contributed by atoms with van der Waals surface area (Å²) in [6.45, 7) is 3.50. The molecule has 0 saturated carbocycles. The Labute approximate surface area is 137 Å². The fourth-order valence-electron chi connectivity index (χ4n) is 2.25. The normalized spacial score (nSPS) is 14.5. The number of nitrogens with zero attached hydrogens (tertiary/aromatic N) is 1. The quantitative estimate of drug-likeness (QED) is 0.652. The third kappa shape index (κ3) is 5.10. The van der Waals surface area contributed by atoms with Gasteiger partial charge in [0.25, 0.3) is 0 Å². The third-order valence-corrected chi connectivity index (χ3v) is 3.65. The van der Waals surface area contributed by atoms with Crippen LogP contribution in [0.5, 0.6) is 0 Å². The zero-order valence-electron chi connectivity index (χ0n) is 14.0. The van der Waals surface area contributed by atoms with Crippen molar-refractivity contribution in [2.75, 3.05) is 33.7 Å². The maximum Gasteiger partial charge on any atom is 0.245 e. The van der Waals surface area contributed by atoms with Gasteiger partial charge in [0.15, 0.2) is 0 Å². The molecule has 1 aromatic carbocycles. The van der Waals surface area contributed by atoms with Crippen LogP contribution in [0.15, 0.2) is 30.3 Å². The summed E-state index contributed by atoms with van der Waals surface area (Å²) in [7, 11) is 4.06. The first-order valence-electron chi connectivity index (χ1n) is 7.85. The molecule has 0 radical (unpaired) electrons. The van der Waals surface area contributed by atoms with E-state index in [4.69, 9.17) is 0 Å². The van der Waals surface area contributed by atoms with E-state index in [1.165, 1.54) is 15.5 Å². The number of amides is 2. The largest absolute Gasteiger partial charge is 0.349 e. The molecule has 6 nitrogen and oxygen atoms in total. The Balaban J connectivity index is 1.93. The lowest BCUT2D eigenvalue weighted by atomic mass is 10.1. The van der Waals surface area contributed by atoms with Crippen molar-refractivity contribution in [2.24, 2.45) is 0 Å². The van der Waals surface area contributed by atoms with Gasteiger partial charge in [-0.05, 0) is 18.6 Å². The predicted octanol–water partition coefficient (Wildman–Crippen LogP) is -0.666. The van der Waals surface area contributed by atoms with Gasteiger partial charge in [-0.2, -0.15) is 0 Å². The van der Waals surface area contributed by atoms with Crippen LogP contribution in [0.25, 0.3) is 5.70 Å². The van der Waals surface area contributed by atoms with E-state index in [-0.39, 0.29) is 18.4 Å². The molecule has 2 amide bonds. The number of likely N-dealkylation sites (N-methyl/N-ethyl adjacent to an activating group) is 1. The van der Waals surface area contributed by atoms with Gasteiger partial charge in [-0.1, -0.05) is 29.8 Å². The van der Waals surface area contributed by atoms with Gasteiger partial charge < -0.3 is 10.2 Å². The van der Waals surface area contributed by atoms with Crippen molar-refractivity contribution < 1.29 is 14.5 Å². The summed E-state index contributed by atoms with van der Waals surface area (Å²) < 4.78 is 0. The fraction of sp³-hybridized carbons (Fsp3) is 0.412. The smallest absolute Gasteiger partial charge is 0.245 e. The molecular formula is C17H25N4O2+. The van der Waals surface area contributed by atoms with Crippen LogP contribution >= 0.6 is 0 Å². The van der Waals surface area contributed by atoms with E-state index in [2.05, 4.69) is 10.7 Å². The molecule has 1 heterocycles. The minimum Gasteiger partial charge on any atom is -0.349 e. The SMILES string of the molecule is Cc1ccc(C2=CCC(=O)N(CC(=O)NCC[NH+](C)C)N2)cc1. The molecule has 23 heavy (non-hydrogen) atoms. The number of carbonyl (C=O) groups excluding carboxylic acids is 2. The van der Waals surface area contributed by atoms with Gasteiger partial charge in [0.05, 0.1) is 32.9 Å². The van der Waals surface area contributed by atoms with E-state index in [0.717, 1.165) is 17.8 Å². The zero-order chi connectivity index (χ0) is 16.8. The zero-order valence-corrected chi connectivity index (χ0v) is 14.0.